The Kier molecular flexibility index (Phi) is 6.29. The van der Waals surface area contributed by atoms with E-state index in [4.69, 9.17) is 0 Å². The lowest BCUT2D eigenvalue weighted by Crippen LogP contribution is -2.32. The Morgan fingerprint density at radius 3 is 2.26 bits per heavy atom. The van der Waals surface area contributed by atoms with Gasteiger partial charge in [0.25, 0.3) is 0 Å². The zero-order chi connectivity index (χ0) is 14.3. The fourth-order valence-corrected chi connectivity index (χ4v) is 2.42. The molecule has 0 fully saturated rings. The summed E-state index contributed by atoms with van der Waals surface area (Å²) in [6.07, 6.45) is 3.42. The van der Waals surface area contributed by atoms with Gasteiger partial charge in [-0.15, -0.1) is 13.2 Å². The molecule has 102 valence electrons. The molecule has 0 N–H and O–H groups in total. The van der Waals surface area contributed by atoms with Gasteiger partial charge in [0.05, 0.1) is 5.75 Å². The molecule has 0 spiro atoms. The highest BCUT2D eigenvalue weighted by Gasteiger charge is 2.12. The van der Waals surface area contributed by atoms with Crippen LogP contribution < -0.4 is 0 Å². The Morgan fingerprint density at radius 1 is 1.26 bits per heavy atom. The van der Waals surface area contributed by atoms with Crippen LogP contribution >= 0.6 is 11.8 Å². The Bertz CT molecular complexity index is 444. The molecule has 4 nitrogen and oxygen atoms in total. The van der Waals surface area contributed by atoms with Crippen LogP contribution in [0.1, 0.15) is 11.4 Å². The minimum atomic E-state index is 0.0348. The van der Waals surface area contributed by atoms with Gasteiger partial charge in [-0.3, -0.25) is 4.79 Å². The van der Waals surface area contributed by atoms with Gasteiger partial charge >= 0.3 is 0 Å². The van der Waals surface area contributed by atoms with Gasteiger partial charge in [0.2, 0.25) is 5.91 Å². The minimum Gasteiger partial charge on any atom is -0.335 e. The van der Waals surface area contributed by atoms with Gasteiger partial charge in [0.1, 0.15) is 0 Å². The molecule has 0 atom stereocenters. The topological polar surface area (TPSA) is 46.1 Å². The maximum absolute atomic E-state index is 12.0. The standard InChI is InChI=1S/C14H19N3OS/c1-5-7-17(8-6-2)13(18)10-19-14-15-11(3)9-12(4)16-14/h5-6,9H,1-2,7-8,10H2,3-4H3. The van der Waals surface area contributed by atoms with E-state index in [2.05, 4.69) is 23.1 Å². The number of aryl methyl sites for hydroxylation is 2. The van der Waals surface area contributed by atoms with Crippen LogP contribution in [0.2, 0.25) is 0 Å². The molecule has 0 unspecified atom stereocenters. The molecule has 1 amide bonds. The van der Waals surface area contributed by atoms with Gasteiger partial charge in [0.15, 0.2) is 5.16 Å². The highest BCUT2D eigenvalue weighted by Crippen LogP contribution is 2.14. The normalized spacial score (nSPS) is 10.0. The van der Waals surface area contributed by atoms with Gasteiger partial charge in [-0.2, -0.15) is 0 Å². The number of rotatable bonds is 7. The lowest BCUT2D eigenvalue weighted by molar-refractivity contribution is -0.127. The van der Waals surface area contributed by atoms with Crippen LogP contribution in [0.5, 0.6) is 0 Å². The second-order valence-corrected chi connectivity index (χ2v) is 5.04. The SMILES string of the molecule is C=CCN(CC=C)C(=O)CSc1nc(C)cc(C)n1. The monoisotopic (exact) mass is 277 g/mol. The van der Waals surface area contributed by atoms with Crippen molar-refractivity contribution < 1.29 is 4.79 Å². The van der Waals surface area contributed by atoms with Crippen molar-refractivity contribution in [3.63, 3.8) is 0 Å². The molecule has 19 heavy (non-hydrogen) atoms. The van der Waals surface area contributed by atoms with Crippen molar-refractivity contribution in [2.45, 2.75) is 19.0 Å². The van der Waals surface area contributed by atoms with Crippen LogP contribution in [0.15, 0.2) is 36.5 Å². The molecule has 0 aliphatic rings. The molecule has 0 saturated carbocycles. The van der Waals surface area contributed by atoms with Crippen molar-refractivity contribution in [2.24, 2.45) is 0 Å². The fraction of sp³-hybridized carbons (Fsp3) is 0.357. The van der Waals surface area contributed by atoms with E-state index < -0.39 is 0 Å². The van der Waals surface area contributed by atoms with E-state index in [0.29, 0.717) is 24.0 Å². The number of carbonyl (C=O) groups excluding carboxylic acids is 1. The molecule has 0 aromatic carbocycles. The molecular formula is C14H19N3OS. The third-order valence-electron chi connectivity index (χ3n) is 2.34. The summed E-state index contributed by atoms with van der Waals surface area (Å²) in [4.78, 5) is 22.3. The zero-order valence-electron chi connectivity index (χ0n) is 11.4. The number of nitrogens with zero attached hydrogens (tertiary/aromatic N) is 3. The number of hydrogen-bond acceptors (Lipinski definition) is 4. The Hall–Kier alpha value is -1.62. The van der Waals surface area contributed by atoms with E-state index in [-0.39, 0.29) is 5.91 Å². The highest BCUT2D eigenvalue weighted by molar-refractivity contribution is 7.99. The summed E-state index contributed by atoms with van der Waals surface area (Å²) in [7, 11) is 0. The minimum absolute atomic E-state index is 0.0348. The Morgan fingerprint density at radius 2 is 1.79 bits per heavy atom. The van der Waals surface area contributed by atoms with Crippen molar-refractivity contribution in [1.82, 2.24) is 14.9 Å². The van der Waals surface area contributed by atoms with Crippen molar-refractivity contribution >= 4 is 17.7 Å². The molecule has 0 radical (unpaired) electrons. The summed E-state index contributed by atoms with van der Waals surface area (Å²) < 4.78 is 0. The van der Waals surface area contributed by atoms with Gasteiger partial charge in [-0.1, -0.05) is 23.9 Å². The molecule has 1 aromatic heterocycles. The van der Waals surface area contributed by atoms with Gasteiger partial charge in [0, 0.05) is 24.5 Å². The first-order valence-corrected chi connectivity index (χ1v) is 7.00. The summed E-state index contributed by atoms with van der Waals surface area (Å²) in [6.45, 7) is 12.2. The zero-order valence-corrected chi connectivity index (χ0v) is 12.2. The van der Waals surface area contributed by atoms with E-state index in [1.54, 1.807) is 17.1 Å². The first-order chi connectivity index (χ1) is 9.06. The van der Waals surface area contributed by atoms with E-state index in [0.717, 1.165) is 11.4 Å². The van der Waals surface area contributed by atoms with Gasteiger partial charge < -0.3 is 4.90 Å². The predicted octanol–water partition coefficient (Wildman–Crippen LogP) is 2.39. The molecule has 0 saturated heterocycles. The average molecular weight is 277 g/mol. The van der Waals surface area contributed by atoms with Crippen LogP contribution in [0.4, 0.5) is 0 Å². The Balaban J connectivity index is 2.61. The summed E-state index contributed by atoms with van der Waals surface area (Å²) in [5.41, 5.74) is 1.83. The molecule has 0 bridgehead atoms. The summed E-state index contributed by atoms with van der Waals surface area (Å²) in [6, 6.07) is 1.91. The lowest BCUT2D eigenvalue weighted by atomic mass is 10.4. The molecule has 1 heterocycles. The van der Waals surface area contributed by atoms with Gasteiger partial charge in [-0.25, -0.2) is 9.97 Å². The van der Waals surface area contributed by atoms with E-state index in [1.165, 1.54) is 11.8 Å². The van der Waals surface area contributed by atoms with Crippen LogP contribution in [0.3, 0.4) is 0 Å². The van der Waals surface area contributed by atoms with Crippen LogP contribution in [-0.4, -0.2) is 39.6 Å². The quantitative estimate of drug-likeness (QED) is 0.436. The Labute approximate surface area is 118 Å². The third kappa shape index (κ3) is 5.26. The smallest absolute Gasteiger partial charge is 0.233 e. The fourth-order valence-electron chi connectivity index (χ4n) is 1.57. The summed E-state index contributed by atoms with van der Waals surface area (Å²) >= 11 is 1.35. The maximum Gasteiger partial charge on any atom is 0.233 e. The molecule has 5 heteroatoms. The number of hydrogen-bond donors (Lipinski definition) is 0. The molecule has 1 aromatic rings. The third-order valence-corrected chi connectivity index (χ3v) is 3.17. The summed E-state index contributed by atoms with van der Waals surface area (Å²) in [5, 5.41) is 0.642. The van der Waals surface area contributed by atoms with E-state index in [1.807, 2.05) is 19.9 Å². The van der Waals surface area contributed by atoms with Crippen molar-refractivity contribution in [3.8, 4) is 0 Å². The van der Waals surface area contributed by atoms with Crippen molar-refractivity contribution in [1.29, 1.82) is 0 Å². The molecule has 1 rings (SSSR count). The molecule has 0 aliphatic carbocycles. The average Bonchev–Trinajstić information content (AvgIpc) is 2.34. The second kappa shape index (κ2) is 7.74. The second-order valence-electron chi connectivity index (χ2n) is 4.10. The van der Waals surface area contributed by atoms with Crippen LogP contribution in [0.25, 0.3) is 0 Å². The summed E-state index contributed by atoms with van der Waals surface area (Å²) in [5.74, 6) is 0.359. The number of thioether (sulfide) groups is 1. The first kappa shape index (κ1) is 15.4. The van der Waals surface area contributed by atoms with E-state index in [9.17, 15) is 4.79 Å². The number of aromatic nitrogens is 2. The maximum atomic E-state index is 12.0. The predicted molar refractivity (Wildman–Crippen MR) is 79.2 cm³/mol. The molecular weight excluding hydrogens is 258 g/mol. The van der Waals surface area contributed by atoms with Crippen molar-refractivity contribution in [2.75, 3.05) is 18.8 Å². The van der Waals surface area contributed by atoms with Gasteiger partial charge in [-0.05, 0) is 19.9 Å². The van der Waals surface area contributed by atoms with Crippen LogP contribution in [-0.2, 0) is 4.79 Å². The largest absolute Gasteiger partial charge is 0.335 e. The number of carbonyl (C=O) groups is 1. The number of amides is 1. The van der Waals surface area contributed by atoms with Crippen molar-refractivity contribution in [3.05, 3.63) is 42.8 Å². The molecule has 0 aliphatic heterocycles. The first-order valence-electron chi connectivity index (χ1n) is 6.01. The lowest BCUT2D eigenvalue weighted by Gasteiger charge is -2.18. The van der Waals surface area contributed by atoms with E-state index >= 15 is 0 Å². The highest BCUT2D eigenvalue weighted by atomic mass is 32.2. The van der Waals surface area contributed by atoms with Crippen LogP contribution in [0, 0.1) is 13.8 Å².